The summed E-state index contributed by atoms with van der Waals surface area (Å²) in [6.45, 7) is 2.74. The third-order valence-electron chi connectivity index (χ3n) is 2.73. The molecular weight excluding hydrogens is 328 g/mol. The number of alkyl halides is 1. The summed E-state index contributed by atoms with van der Waals surface area (Å²) in [5.41, 5.74) is 0.847. The Labute approximate surface area is 123 Å². The molecule has 0 atom stereocenters. The van der Waals surface area contributed by atoms with Crippen LogP contribution in [0.5, 0.6) is 5.75 Å². The number of benzene rings is 1. The minimum absolute atomic E-state index is 0.0581. The van der Waals surface area contributed by atoms with Crippen molar-refractivity contribution < 1.29 is 9.66 Å². The van der Waals surface area contributed by atoms with Crippen molar-refractivity contribution in [1.29, 1.82) is 0 Å². The SMILES string of the molecule is CCn1ncnc1COc1cc(CBr)ccc1[N+](=O)[O-]. The van der Waals surface area contributed by atoms with Gasteiger partial charge in [0.25, 0.3) is 0 Å². The molecule has 1 aromatic heterocycles. The first kappa shape index (κ1) is 14.4. The van der Waals surface area contributed by atoms with Crippen LogP contribution in [0, 0.1) is 10.1 Å². The van der Waals surface area contributed by atoms with Gasteiger partial charge in [-0.3, -0.25) is 10.1 Å². The van der Waals surface area contributed by atoms with E-state index in [1.54, 1.807) is 16.8 Å². The van der Waals surface area contributed by atoms with Crippen LogP contribution in [0.2, 0.25) is 0 Å². The van der Waals surface area contributed by atoms with E-state index in [0.29, 0.717) is 17.7 Å². The number of hydrogen-bond donors (Lipinski definition) is 0. The summed E-state index contributed by atoms with van der Waals surface area (Å²) in [7, 11) is 0. The normalized spacial score (nSPS) is 10.5. The number of aromatic nitrogens is 3. The van der Waals surface area contributed by atoms with Crippen molar-refractivity contribution in [3.8, 4) is 5.75 Å². The lowest BCUT2D eigenvalue weighted by molar-refractivity contribution is -0.386. The lowest BCUT2D eigenvalue weighted by atomic mass is 10.2. The Morgan fingerprint density at radius 1 is 1.50 bits per heavy atom. The molecule has 0 saturated heterocycles. The van der Waals surface area contributed by atoms with Gasteiger partial charge in [-0.1, -0.05) is 22.0 Å². The van der Waals surface area contributed by atoms with Gasteiger partial charge in [0.05, 0.1) is 4.92 Å². The topological polar surface area (TPSA) is 83.1 Å². The van der Waals surface area contributed by atoms with E-state index in [0.717, 1.165) is 5.56 Å². The molecule has 8 heteroatoms. The first-order valence-corrected chi connectivity index (χ1v) is 7.10. The molecular formula is C12H13BrN4O3. The van der Waals surface area contributed by atoms with Crippen LogP contribution >= 0.6 is 15.9 Å². The van der Waals surface area contributed by atoms with Crippen molar-refractivity contribution in [1.82, 2.24) is 14.8 Å². The number of rotatable bonds is 6. The maximum atomic E-state index is 11.0. The summed E-state index contributed by atoms with van der Waals surface area (Å²) in [6.07, 6.45) is 1.44. The summed E-state index contributed by atoms with van der Waals surface area (Å²) >= 11 is 3.31. The van der Waals surface area contributed by atoms with E-state index >= 15 is 0 Å². The Bertz CT molecular complexity index is 614. The summed E-state index contributed by atoms with van der Waals surface area (Å²) in [6, 6.07) is 4.78. The zero-order valence-electron chi connectivity index (χ0n) is 10.8. The first-order chi connectivity index (χ1) is 9.65. The third-order valence-corrected chi connectivity index (χ3v) is 3.37. The van der Waals surface area contributed by atoms with E-state index in [2.05, 4.69) is 26.0 Å². The molecule has 0 N–H and O–H groups in total. The molecule has 0 aliphatic rings. The van der Waals surface area contributed by atoms with Crippen LogP contribution in [0.3, 0.4) is 0 Å². The third kappa shape index (κ3) is 3.13. The smallest absolute Gasteiger partial charge is 0.310 e. The van der Waals surface area contributed by atoms with Gasteiger partial charge in [0.1, 0.15) is 12.9 Å². The Morgan fingerprint density at radius 2 is 2.30 bits per heavy atom. The number of halogens is 1. The molecule has 106 valence electrons. The zero-order valence-corrected chi connectivity index (χ0v) is 12.4. The Kier molecular flexibility index (Phi) is 4.67. The maximum absolute atomic E-state index is 11.0. The zero-order chi connectivity index (χ0) is 14.5. The molecule has 0 radical (unpaired) electrons. The molecule has 0 bridgehead atoms. The Hall–Kier alpha value is -1.96. The average molecular weight is 341 g/mol. The van der Waals surface area contributed by atoms with Crippen LogP contribution in [0.25, 0.3) is 0 Å². The summed E-state index contributed by atoms with van der Waals surface area (Å²) < 4.78 is 7.22. The van der Waals surface area contributed by atoms with Gasteiger partial charge in [-0.25, -0.2) is 9.67 Å². The van der Waals surface area contributed by atoms with Gasteiger partial charge >= 0.3 is 5.69 Å². The number of ether oxygens (including phenoxy) is 1. The highest BCUT2D eigenvalue weighted by Crippen LogP contribution is 2.29. The monoisotopic (exact) mass is 340 g/mol. The van der Waals surface area contributed by atoms with Crippen LogP contribution in [0.4, 0.5) is 5.69 Å². The van der Waals surface area contributed by atoms with Crippen molar-refractivity contribution in [2.45, 2.75) is 25.4 Å². The second kappa shape index (κ2) is 6.47. The average Bonchev–Trinajstić information content (AvgIpc) is 2.91. The lowest BCUT2D eigenvalue weighted by Crippen LogP contribution is -2.08. The summed E-state index contributed by atoms with van der Waals surface area (Å²) in [5, 5.41) is 15.6. The highest BCUT2D eigenvalue weighted by molar-refractivity contribution is 9.08. The lowest BCUT2D eigenvalue weighted by Gasteiger charge is -2.08. The molecule has 0 spiro atoms. The van der Waals surface area contributed by atoms with Gasteiger partial charge < -0.3 is 4.74 Å². The Balaban J connectivity index is 2.21. The predicted molar refractivity (Wildman–Crippen MR) is 75.8 cm³/mol. The molecule has 0 aliphatic carbocycles. The fourth-order valence-electron chi connectivity index (χ4n) is 1.71. The van der Waals surface area contributed by atoms with Crippen LogP contribution in [0.15, 0.2) is 24.5 Å². The van der Waals surface area contributed by atoms with Crippen molar-refractivity contribution in [2.24, 2.45) is 0 Å². The molecule has 7 nitrogen and oxygen atoms in total. The summed E-state index contributed by atoms with van der Waals surface area (Å²) in [5.74, 6) is 0.864. The standard InChI is InChI=1S/C12H13BrN4O3/c1-2-16-12(14-8-15-16)7-20-11-5-9(6-13)3-4-10(11)17(18)19/h3-5,8H,2,6-7H2,1H3. The minimum Gasteiger partial charge on any atom is -0.479 e. The Morgan fingerprint density at radius 3 is 2.95 bits per heavy atom. The molecule has 0 aliphatic heterocycles. The number of aryl methyl sites for hydroxylation is 1. The second-order valence-electron chi connectivity index (χ2n) is 3.97. The fourth-order valence-corrected chi connectivity index (χ4v) is 2.06. The molecule has 0 fully saturated rings. The van der Waals surface area contributed by atoms with Crippen LogP contribution in [-0.2, 0) is 18.5 Å². The molecule has 1 aromatic carbocycles. The van der Waals surface area contributed by atoms with E-state index in [1.807, 2.05) is 6.92 Å². The van der Waals surface area contributed by atoms with Gasteiger partial charge in [-0.15, -0.1) is 0 Å². The molecule has 1 heterocycles. The second-order valence-corrected chi connectivity index (χ2v) is 4.53. The van der Waals surface area contributed by atoms with Crippen molar-refractivity contribution in [3.63, 3.8) is 0 Å². The van der Waals surface area contributed by atoms with Crippen molar-refractivity contribution >= 4 is 21.6 Å². The quantitative estimate of drug-likeness (QED) is 0.458. The van der Waals surface area contributed by atoms with Gasteiger partial charge in [0.2, 0.25) is 0 Å². The molecule has 0 saturated carbocycles. The van der Waals surface area contributed by atoms with E-state index in [4.69, 9.17) is 4.74 Å². The fraction of sp³-hybridized carbons (Fsp3) is 0.333. The van der Waals surface area contributed by atoms with E-state index < -0.39 is 4.92 Å². The number of nitro groups is 1. The molecule has 2 aromatic rings. The maximum Gasteiger partial charge on any atom is 0.310 e. The highest BCUT2D eigenvalue weighted by Gasteiger charge is 2.16. The molecule has 0 amide bonds. The van der Waals surface area contributed by atoms with E-state index in [-0.39, 0.29) is 18.0 Å². The van der Waals surface area contributed by atoms with Crippen molar-refractivity contribution in [3.05, 3.63) is 46.0 Å². The number of nitrogens with zero attached hydrogens (tertiary/aromatic N) is 4. The van der Waals surface area contributed by atoms with Gasteiger partial charge in [0.15, 0.2) is 11.6 Å². The van der Waals surface area contributed by atoms with Gasteiger partial charge in [-0.05, 0) is 18.6 Å². The van der Waals surface area contributed by atoms with Crippen LogP contribution in [-0.4, -0.2) is 19.7 Å². The molecule has 20 heavy (non-hydrogen) atoms. The van der Waals surface area contributed by atoms with E-state index in [9.17, 15) is 10.1 Å². The largest absolute Gasteiger partial charge is 0.479 e. The highest BCUT2D eigenvalue weighted by atomic mass is 79.9. The number of nitro benzene ring substituents is 1. The number of hydrogen-bond acceptors (Lipinski definition) is 5. The van der Waals surface area contributed by atoms with E-state index in [1.165, 1.54) is 12.4 Å². The molecule has 2 rings (SSSR count). The predicted octanol–water partition coefficient (Wildman–Crippen LogP) is 2.68. The van der Waals surface area contributed by atoms with Gasteiger partial charge in [-0.2, -0.15) is 5.10 Å². The summed E-state index contributed by atoms with van der Waals surface area (Å²) in [4.78, 5) is 14.6. The van der Waals surface area contributed by atoms with Gasteiger partial charge in [0, 0.05) is 17.9 Å². The first-order valence-electron chi connectivity index (χ1n) is 5.98. The van der Waals surface area contributed by atoms with Crippen LogP contribution in [0.1, 0.15) is 18.3 Å². The van der Waals surface area contributed by atoms with Crippen LogP contribution < -0.4 is 4.74 Å². The van der Waals surface area contributed by atoms with Crippen molar-refractivity contribution in [2.75, 3.05) is 0 Å². The molecule has 0 unspecified atom stereocenters. The minimum atomic E-state index is -0.460.